The van der Waals surface area contributed by atoms with E-state index in [-0.39, 0.29) is 11.9 Å². The fraction of sp³-hybridized carbons (Fsp3) is 0.355. The minimum Gasteiger partial charge on any atom is -0.384 e. The maximum absolute atomic E-state index is 12.4. The molecule has 0 bridgehead atoms. The van der Waals surface area contributed by atoms with Crippen LogP contribution in [0.25, 0.3) is 22.2 Å². The number of carbonyl (C=O) groups is 1. The summed E-state index contributed by atoms with van der Waals surface area (Å²) in [5.41, 5.74) is 13.2. The van der Waals surface area contributed by atoms with Gasteiger partial charge in [-0.05, 0) is 98.8 Å². The lowest BCUT2D eigenvalue weighted by Crippen LogP contribution is -2.35. The zero-order valence-corrected chi connectivity index (χ0v) is 23.3. The summed E-state index contributed by atoms with van der Waals surface area (Å²) in [5.74, 6) is 0.858. The zero-order chi connectivity index (χ0) is 27.8. The molecular formula is C31H35N7O. The fourth-order valence-corrected chi connectivity index (χ4v) is 5.96. The normalized spacial score (nSPS) is 15.3. The Morgan fingerprint density at radius 1 is 1.13 bits per heavy atom. The van der Waals surface area contributed by atoms with Crippen LogP contribution in [0.1, 0.15) is 64.6 Å². The first-order valence-corrected chi connectivity index (χ1v) is 13.4. The van der Waals surface area contributed by atoms with Gasteiger partial charge in [0.15, 0.2) is 5.69 Å². The molecule has 2 N–H and O–H groups in total. The van der Waals surface area contributed by atoms with Crippen molar-refractivity contribution in [1.82, 2.24) is 24.3 Å². The third kappa shape index (κ3) is 4.86. The second-order valence-electron chi connectivity index (χ2n) is 10.7. The quantitative estimate of drug-likeness (QED) is 0.395. The summed E-state index contributed by atoms with van der Waals surface area (Å²) in [6, 6.07) is 16.3. The van der Waals surface area contributed by atoms with Crippen molar-refractivity contribution in [3.05, 3.63) is 76.7 Å². The van der Waals surface area contributed by atoms with Crippen molar-refractivity contribution < 1.29 is 4.79 Å². The SMILES string of the molecule is Cc1cc(C(=O)N(C)C)ccc1C1CCN([C@@H](C)c2cc3c(-c4ccc(N)nc4C#N)ccnc3n2C)CC1. The molecule has 1 amide bonds. The van der Waals surface area contributed by atoms with E-state index in [1.54, 1.807) is 31.3 Å². The Labute approximate surface area is 229 Å². The van der Waals surface area contributed by atoms with E-state index in [9.17, 15) is 10.1 Å². The number of fused-ring (bicyclic) bond motifs is 1. The number of amides is 1. The van der Waals surface area contributed by atoms with E-state index in [1.165, 1.54) is 16.8 Å². The highest BCUT2D eigenvalue weighted by Gasteiger charge is 2.28. The number of nitrogen functional groups attached to an aromatic ring is 1. The van der Waals surface area contributed by atoms with E-state index >= 15 is 0 Å². The molecule has 4 aromatic rings. The average Bonchev–Trinajstić information content (AvgIpc) is 3.28. The molecule has 1 atom stereocenters. The lowest BCUT2D eigenvalue weighted by atomic mass is 9.85. The zero-order valence-electron chi connectivity index (χ0n) is 23.3. The van der Waals surface area contributed by atoms with E-state index in [1.807, 2.05) is 24.3 Å². The van der Waals surface area contributed by atoms with Gasteiger partial charge < -0.3 is 15.2 Å². The molecule has 0 radical (unpaired) electrons. The predicted octanol–water partition coefficient (Wildman–Crippen LogP) is 5.04. The minimum atomic E-state index is 0.0393. The molecule has 4 heterocycles. The number of hydrogen-bond acceptors (Lipinski definition) is 6. The number of anilines is 1. The maximum Gasteiger partial charge on any atom is 0.253 e. The van der Waals surface area contributed by atoms with E-state index in [2.05, 4.69) is 58.5 Å². The van der Waals surface area contributed by atoms with Gasteiger partial charge in [-0.25, -0.2) is 9.97 Å². The summed E-state index contributed by atoms with van der Waals surface area (Å²) in [4.78, 5) is 25.4. The van der Waals surface area contributed by atoms with Crippen LogP contribution in [0.3, 0.4) is 0 Å². The van der Waals surface area contributed by atoms with Gasteiger partial charge in [-0.15, -0.1) is 0 Å². The van der Waals surface area contributed by atoms with Gasteiger partial charge in [0.2, 0.25) is 0 Å². The molecule has 1 aromatic carbocycles. The number of hydrogen-bond donors (Lipinski definition) is 1. The third-order valence-electron chi connectivity index (χ3n) is 8.15. The Bertz CT molecular complexity index is 1590. The molecule has 0 unspecified atom stereocenters. The Morgan fingerprint density at radius 2 is 1.87 bits per heavy atom. The van der Waals surface area contributed by atoms with E-state index in [0.717, 1.165) is 53.7 Å². The number of aryl methyl sites for hydroxylation is 2. The Hall–Kier alpha value is -4.22. The summed E-state index contributed by atoms with van der Waals surface area (Å²) in [5, 5.41) is 10.7. The molecule has 1 saturated heterocycles. The van der Waals surface area contributed by atoms with Crippen molar-refractivity contribution in [3.8, 4) is 17.2 Å². The number of nitriles is 1. The van der Waals surface area contributed by atoms with Crippen LogP contribution >= 0.6 is 0 Å². The van der Waals surface area contributed by atoms with Crippen LogP contribution < -0.4 is 5.73 Å². The first-order chi connectivity index (χ1) is 18.7. The Morgan fingerprint density at radius 3 is 2.54 bits per heavy atom. The van der Waals surface area contributed by atoms with Gasteiger partial charge in [0.05, 0.1) is 0 Å². The molecule has 8 nitrogen and oxygen atoms in total. The summed E-state index contributed by atoms with van der Waals surface area (Å²) in [7, 11) is 5.63. The lowest BCUT2D eigenvalue weighted by molar-refractivity contribution is 0.0827. The standard InChI is InChI=1S/C31H35N7O/c1-19-16-22(31(39)36(3)4)6-7-23(19)21-11-14-38(15-12-21)20(2)28-17-26-24(10-13-34-30(26)37(28)5)25-8-9-29(33)35-27(25)18-32/h6-10,13,16-17,20-21H,11-12,14-15H2,1-5H3,(H2,33,35)/t20-/m0/s1. The number of benzene rings is 1. The number of nitrogens with two attached hydrogens (primary N) is 1. The molecule has 0 aliphatic carbocycles. The average molecular weight is 522 g/mol. The molecule has 3 aromatic heterocycles. The number of pyridine rings is 2. The van der Waals surface area contributed by atoms with Crippen molar-refractivity contribution in [2.45, 2.75) is 38.6 Å². The minimum absolute atomic E-state index is 0.0393. The van der Waals surface area contributed by atoms with Gasteiger partial charge in [-0.2, -0.15) is 5.26 Å². The van der Waals surface area contributed by atoms with Crippen LogP contribution in [0.2, 0.25) is 0 Å². The number of likely N-dealkylation sites (tertiary alicyclic amines) is 1. The third-order valence-corrected chi connectivity index (χ3v) is 8.15. The van der Waals surface area contributed by atoms with Crippen LogP contribution in [-0.4, -0.2) is 57.4 Å². The van der Waals surface area contributed by atoms with Gasteiger partial charge in [0, 0.05) is 55.6 Å². The highest BCUT2D eigenvalue weighted by atomic mass is 16.2. The van der Waals surface area contributed by atoms with Crippen molar-refractivity contribution in [3.63, 3.8) is 0 Å². The second-order valence-corrected chi connectivity index (χ2v) is 10.7. The first-order valence-electron chi connectivity index (χ1n) is 13.4. The molecule has 5 rings (SSSR count). The fourth-order valence-electron chi connectivity index (χ4n) is 5.96. The van der Waals surface area contributed by atoms with Gasteiger partial charge in [-0.1, -0.05) is 6.07 Å². The first kappa shape index (κ1) is 26.4. The Kier molecular flexibility index (Phi) is 7.11. The van der Waals surface area contributed by atoms with Gasteiger partial charge in [0.1, 0.15) is 17.5 Å². The van der Waals surface area contributed by atoms with E-state index in [4.69, 9.17) is 5.73 Å². The van der Waals surface area contributed by atoms with Crippen molar-refractivity contribution in [1.29, 1.82) is 5.26 Å². The molecule has 0 spiro atoms. The van der Waals surface area contributed by atoms with Crippen LogP contribution in [0.4, 0.5) is 5.82 Å². The van der Waals surface area contributed by atoms with Gasteiger partial charge in [0.25, 0.3) is 5.91 Å². The number of aromatic nitrogens is 3. The van der Waals surface area contributed by atoms with Crippen LogP contribution in [-0.2, 0) is 7.05 Å². The number of carbonyl (C=O) groups excluding carboxylic acids is 1. The van der Waals surface area contributed by atoms with Crippen LogP contribution in [0, 0.1) is 18.3 Å². The summed E-state index contributed by atoms with van der Waals surface area (Å²) in [6.07, 6.45) is 3.93. The number of rotatable bonds is 5. The summed E-state index contributed by atoms with van der Waals surface area (Å²) in [6.45, 7) is 6.36. The number of nitrogens with zero attached hydrogens (tertiary/aromatic N) is 6. The van der Waals surface area contributed by atoms with E-state index in [0.29, 0.717) is 17.4 Å². The lowest BCUT2D eigenvalue weighted by Gasteiger charge is -2.37. The smallest absolute Gasteiger partial charge is 0.253 e. The largest absolute Gasteiger partial charge is 0.384 e. The Balaban J connectivity index is 1.37. The maximum atomic E-state index is 12.4. The van der Waals surface area contributed by atoms with Crippen LogP contribution in [0.15, 0.2) is 48.7 Å². The van der Waals surface area contributed by atoms with Crippen molar-refractivity contribution in [2.24, 2.45) is 7.05 Å². The molecule has 1 fully saturated rings. The highest BCUT2D eigenvalue weighted by molar-refractivity contribution is 5.95. The highest BCUT2D eigenvalue weighted by Crippen LogP contribution is 2.37. The van der Waals surface area contributed by atoms with Crippen LogP contribution in [0.5, 0.6) is 0 Å². The molecule has 39 heavy (non-hydrogen) atoms. The monoisotopic (exact) mass is 521 g/mol. The van der Waals surface area contributed by atoms with E-state index < -0.39 is 0 Å². The van der Waals surface area contributed by atoms with Gasteiger partial charge >= 0.3 is 0 Å². The molecule has 0 saturated carbocycles. The molecule has 8 heteroatoms. The molecule has 1 aliphatic rings. The van der Waals surface area contributed by atoms with Crippen molar-refractivity contribution >= 4 is 22.8 Å². The molecule has 1 aliphatic heterocycles. The topological polar surface area (TPSA) is 104 Å². The summed E-state index contributed by atoms with van der Waals surface area (Å²) < 4.78 is 2.16. The second kappa shape index (κ2) is 10.5. The molecular weight excluding hydrogens is 486 g/mol. The van der Waals surface area contributed by atoms with Gasteiger partial charge in [-0.3, -0.25) is 9.69 Å². The number of piperidine rings is 1. The summed E-state index contributed by atoms with van der Waals surface area (Å²) >= 11 is 0. The molecule has 200 valence electrons. The predicted molar refractivity (Wildman–Crippen MR) is 154 cm³/mol. The van der Waals surface area contributed by atoms with Crippen molar-refractivity contribution in [2.75, 3.05) is 32.9 Å².